The molecule has 0 aliphatic heterocycles. The number of halogens is 2. The standard InChI is InChI=1S/C20H14F2N4O3/c1-10-3-2-4-14(5-10)26-18-15(9-23-26)17(27)16(20(29)25-18)19(28)24-13-7-11(21)6-12(22)8-13/h2-9H,1H3,(H,24,28)(H2,25,27,29). The van der Waals surface area contributed by atoms with Gasteiger partial charge in [-0.1, -0.05) is 12.1 Å². The lowest BCUT2D eigenvalue weighted by Gasteiger charge is -2.08. The molecule has 3 N–H and O–H groups in total. The molecule has 4 rings (SSSR count). The topological polar surface area (TPSA) is 100 Å². The van der Waals surface area contributed by atoms with Crippen molar-refractivity contribution in [2.24, 2.45) is 0 Å². The van der Waals surface area contributed by atoms with Crippen LogP contribution in [0, 0.1) is 18.6 Å². The third-order valence-corrected chi connectivity index (χ3v) is 4.31. The van der Waals surface area contributed by atoms with Crippen molar-refractivity contribution in [2.75, 3.05) is 5.32 Å². The van der Waals surface area contributed by atoms with Crippen LogP contribution in [0.4, 0.5) is 14.5 Å². The Balaban J connectivity index is 1.78. The highest BCUT2D eigenvalue weighted by atomic mass is 19.1. The molecule has 9 heteroatoms. The maximum Gasteiger partial charge on any atom is 0.266 e. The summed E-state index contributed by atoms with van der Waals surface area (Å²) in [6.45, 7) is 1.90. The molecule has 0 fully saturated rings. The third kappa shape index (κ3) is 3.33. The summed E-state index contributed by atoms with van der Waals surface area (Å²) in [6.07, 6.45) is 1.31. The van der Waals surface area contributed by atoms with Gasteiger partial charge in [-0.25, -0.2) is 13.5 Å². The van der Waals surface area contributed by atoms with E-state index in [2.05, 4.69) is 15.4 Å². The maximum atomic E-state index is 13.3. The lowest BCUT2D eigenvalue weighted by Crippen LogP contribution is -2.24. The first kappa shape index (κ1) is 18.4. The zero-order chi connectivity index (χ0) is 20.7. The number of aromatic amines is 1. The number of carbonyl (C=O) groups excluding carboxylic acids is 1. The largest absolute Gasteiger partial charge is 0.506 e. The van der Waals surface area contributed by atoms with E-state index in [1.165, 1.54) is 10.9 Å². The van der Waals surface area contributed by atoms with Crippen molar-refractivity contribution in [3.05, 3.63) is 81.8 Å². The van der Waals surface area contributed by atoms with E-state index in [4.69, 9.17) is 0 Å². The van der Waals surface area contributed by atoms with Crippen molar-refractivity contribution in [1.82, 2.24) is 14.8 Å². The van der Waals surface area contributed by atoms with Crippen LogP contribution >= 0.6 is 0 Å². The van der Waals surface area contributed by atoms with E-state index in [1.807, 2.05) is 25.1 Å². The Hall–Kier alpha value is -4.01. The Labute approximate surface area is 162 Å². The molecule has 0 bridgehead atoms. The monoisotopic (exact) mass is 396 g/mol. The fraction of sp³-hybridized carbons (Fsp3) is 0.0500. The average Bonchev–Trinajstić information content (AvgIpc) is 3.04. The second-order valence-electron chi connectivity index (χ2n) is 6.45. The molecule has 2 heterocycles. The predicted molar refractivity (Wildman–Crippen MR) is 102 cm³/mol. The van der Waals surface area contributed by atoms with Gasteiger partial charge in [-0.05, 0) is 36.8 Å². The number of nitrogens with one attached hydrogen (secondary N) is 2. The van der Waals surface area contributed by atoms with E-state index in [0.29, 0.717) is 11.8 Å². The summed E-state index contributed by atoms with van der Waals surface area (Å²) in [7, 11) is 0. The first-order valence-electron chi connectivity index (χ1n) is 8.51. The van der Waals surface area contributed by atoms with Crippen molar-refractivity contribution in [1.29, 1.82) is 0 Å². The van der Waals surface area contributed by atoms with Gasteiger partial charge in [-0.3, -0.25) is 9.59 Å². The van der Waals surface area contributed by atoms with Gasteiger partial charge < -0.3 is 15.4 Å². The van der Waals surface area contributed by atoms with E-state index in [-0.39, 0.29) is 16.7 Å². The van der Waals surface area contributed by atoms with Crippen LogP contribution in [0.5, 0.6) is 5.75 Å². The number of fused-ring (bicyclic) bond motifs is 1. The Morgan fingerprint density at radius 1 is 1.17 bits per heavy atom. The second-order valence-corrected chi connectivity index (χ2v) is 6.45. The van der Waals surface area contributed by atoms with Crippen LogP contribution in [0.1, 0.15) is 15.9 Å². The molecule has 1 amide bonds. The number of aryl methyl sites for hydroxylation is 1. The van der Waals surface area contributed by atoms with Gasteiger partial charge in [0.15, 0.2) is 0 Å². The van der Waals surface area contributed by atoms with Crippen molar-refractivity contribution in [3.63, 3.8) is 0 Å². The van der Waals surface area contributed by atoms with E-state index in [0.717, 1.165) is 17.7 Å². The fourth-order valence-corrected chi connectivity index (χ4v) is 3.04. The van der Waals surface area contributed by atoms with Crippen LogP contribution in [0.3, 0.4) is 0 Å². The molecule has 146 valence electrons. The number of hydrogen-bond acceptors (Lipinski definition) is 4. The minimum absolute atomic E-state index is 0.140. The van der Waals surface area contributed by atoms with Crippen LogP contribution < -0.4 is 10.9 Å². The predicted octanol–water partition coefficient (Wildman–Crippen LogP) is 3.26. The number of nitrogens with zero attached hydrogens (tertiary/aromatic N) is 2. The number of benzene rings is 2. The molecule has 0 spiro atoms. The fourth-order valence-electron chi connectivity index (χ4n) is 3.04. The molecule has 2 aromatic heterocycles. The third-order valence-electron chi connectivity index (χ3n) is 4.31. The van der Waals surface area contributed by atoms with Crippen molar-refractivity contribution in [3.8, 4) is 11.4 Å². The zero-order valence-electron chi connectivity index (χ0n) is 15.0. The van der Waals surface area contributed by atoms with Gasteiger partial charge in [0, 0.05) is 11.8 Å². The number of rotatable bonds is 3. The molecule has 0 saturated carbocycles. The van der Waals surface area contributed by atoms with E-state index >= 15 is 0 Å². The van der Waals surface area contributed by atoms with Gasteiger partial charge >= 0.3 is 0 Å². The quantitative estimate of drug-likeness (QED) is 0.495. The highest BCUT2D eigenvalue weighted by molar-refractivity contribution is 6.08. The van der Waals surface area contributed by atoms with Crippen LogP contribution in [0.25, 0.3) is 16.7 Å². The van der Waals surface area contributed by atoms with Crippen LogP contribution in [-0.4, -0.2) is 25.8 Å². The molecular weight excluding hydrogens is 382 g/mol. The summed E-state index contributed by atoms with van der Waals surface area (Å²) >= 11 is 0. The van der Waals surface area contributed by atoms with Crippen molar-refractivity contribution >= 4 is 22.6 Å². The lowest BCUT2D eigenvalue weighted by molar-refractivity contribution is 0.102. The highest BCUT2D eigenvalue weighted by Gasteiger charge is 2.22. The molecule has 0 atom stereocenters. The molecule has 7 nitrogen and oxygen atoms in total. The second kappa shape index (κ2) is 6.86. The van der Waals surface area contributed by atoms with E-state index in [1.54, 1.807) is 6.07 Å². The number of H-pyrrole nitrogens is 1. The number of amides is 1. The molecule has 0 aliphatic rings. The summed E-state index contributed by atoms with van der Waals surface area (Å²) in [5.41, 5.74) is 0.163. The molecule has 29 heavy (non-hydrogen) atoms. The zero-order valence-corrected chi connectivity index (χ0v) is 15.0. The van der Waals surface area contributed by atoms with Gasteiger partial charge in [-0.2, -0.15) is 5.10 Å². The summed E-state index contributed by atoms with van der Waals surface area (Å²) in [4.78, 5) is 27.5. The molecule has 2 aromatic carbocycles. The summed E-state index contributed by atoms with van der Waals surface area (Å²) in [6, 6.07) is 9.74. The van der Waals surface area contributed by atoms with Crippen LogP contribution in [0.2, 0.25) is 0 Å². The number of pyridine rings is 1. The summed E-state index contributed by atoms with van der Waals surface area (Å²) < 4.78 is 28.1. The smallest absolute Gasteiger partial charge is 0.266 e. The summed E-state index contributed by atoms with van der Waals surface area (Å²) in [5, 5.41) is 17.0. The Kier molecular flexibility index (Phi) is 4.34. The van der Waals surface area contributed by atoms with Gasteiger partial charge in [0.2, 0.25) is 0 Å². The normalized spacial score (nSPS) is 11.0. The molecule has 4 aromatic rings. The minimum Gasteiger partial charge on any atom is -0.506 e. The molecular formula is C20H14F2N4O3. The molecule has 0 saturated heterocycles. The van der Waals surface area contributed by atoms with Gasteiger partial charge in [0.05, 0.1) is 17.3 Å². The van der Waals surface area contributed by atoms with Crippen molar-refractivity contribution < 1.29 is 18.7 Å². The number of hydrogen-bond donors (Lipinski definition) is 3. The van der Waals surface area contributed by atoms with Gasteiger partial charge in [-0.15, -0.1) is 0 Å². The number of aromatic hydroxyl groups is 1. The average molecular weight is 396 g/mol. The van der Waals surface area contributed by atoms with Crippen LogP contribution in [0.15, 0.2) is 53.5 Å². The Morgan fingerprint density at radius 2 is 1.90 bits per heavy atom. The van der Waals surface area contributed by atoms with Crippen LogP contribution in [-0.2, 0) is 0 Å². The highest BCUT2D eigenvalue weighted by Crippen LogP contribution is 2.27. The van der Waals surface area contributed by atoms with E-state index < -0.39 is 34.4 Å². The Bertz CT molecular complexity index is 1310. The Morgan fingerprint density at radius 3 is 2.59 bits per heavy atom. The SMILES string of the molecule is Cc1cccc(-n2ncc3c(O)c(C(=O)Nc4cc(F)cc(F)c4)c(=O)[nH]c32)c1. The lowest BCUT2D eigenvalue weighted by atomic mass is 10.1. The number of carbonyl (C=O) groups is 1. The van der Waals surface area contributed by atoms with Gasteiger partial charge in [0.25, 0.3) is 11.5 Å². The molecule has 0 aliphatic carbocycles. The number of aromatic nitrogens is 3. The number of anilines is 1. The summed E-state index contributed by atoms with van der Waals surface area (Å²) in [5.74, 6) is -3.39. The van der Waals surface area contributed by atoms with E-state index in [9.17, 15) is 23.5 Å². The van der Waals surface area contributed by atoms with Gasteiger partial charge in [0.1, 0.15) is 28.6 Å². The maximum absolute atomic E-state index is 13.3. The molecule has 0 unspecified atom stereocenters. The first-order chi connectivity index (χ1) is 13.8. The first-order valence-corrected chi connectivity index (χ1v) is 8.51. The molecule has 0 radical (unpaired) electrons. The van der Waals surface area contributed by atoms with Crippen molar-refractivity contribution in [2.45, 2.75) is 6.92 Å². The minimum atomic E-state index is -1.01.